The molecule has 17 heavy (non-hydrogen) atoms. The van der Waals surface area contributed by atoms with Gasteiger partial charge in [-0.3, -0.25) is 9.48 Å². The molecule has 0 spiro atoms. The number of nitrogens with one attached hydrogen (secondary N) is 2. The Morgan fingerprint density at radius 3 is 3.24 bits per heavy atom. The normalized spacial score (nSPS) is 20.2. The van der Waals surface area contributed by atoms with E-state index >= 15 is 0 Å². The maximum atomic E-state index is 11.8. The van der Waals surface area contributed by atoms with Crippen molar-refractivity contribution < 1.29 is 9.53 Å². The Bertz CT molecular complexity index is 397. The number of nitrogen functional groups attached to an aromatic ring is 1. The van der Waals surface area contributed by atoms with Gasteiger partial charge in [0, 0.05) is 32.9 Å². The number of hydrogen-bond donors (Lipinski definition) is 3. The Kier molecular flexibility index (Phi) is 3.60. The molecule has 1 atom stereocenters. The van der Waals surface area contributed by atoms with E-state index in [0.29, 0.717) is 18.8 Å². The van der Waals surface area contributed by atoms with Crippen LogP contribution in [0.25, 0.3) is 0 Å². The zero-order chi connectivity index (χ0) is 12.3. The third-order valence-electron chi connectivity index (χ3n) is 2.57. The molecule has 94 valence electrons. The van der Waals surface area contributed by atoms with E-state index in [9.17, 15) is 4.79 Å². The number of amides is 1. The molecular weight excluding hydrogens is 222 g/mol. The Hall–Kier alpha value is -1.60. The van der Waals surface area contributed by atoms with Gasteiger partial charge in [0.25, 0.3) is 5.91 Å². The Balaban J connectivity index is 1.86. The van der Waals surface area contributed by atoms with Crippen LogP contribution in [0.15, 0.2) is 6.20 Å². The Labute approximate surface area is 99.3 Å². The summed E-state index contributed by atoms with van der Waals surface area (Å²) >= 11 is 0. The average Bonchev–Trinajstić information content (AvgIpc) is 2.67. The fourth-order valence-corrected chi connectivity index (χ4v) is 1.72. The summed E-state index contributed by atoms with van der Waals surface area (Å²) in [6.07, 6.45) is 1.62. The van der Waals surface area contributed by atoms with Gasteiger partial charge in [-0.05, 0) is 0 Å². The molecule has 0 radical (unpaired) electrons. The van der Waals surface area contributed by atoms with Gasteiger partial charge in [-0.1, -0.05) is 0 Å². The number of nitrogens with two attached hydrogens (primary N) is 1. The third kappa shape index (κ3) is 2.95. The molecule has 1 unspecified atom stereocenters. The first-order chi connectivity index (χ1) is 8.16. The first kappa shape index (κ1) is 11.9. The highest BCUT2D eigenvalue weighted by molar-refractivity contribution is 5.96. The number of aryl methyl sites for hydroxylation is 1. The number of morpholine rings is 1. The van der Waals surface area contributed by atoms with Crippen LogP contribution in [0.1, 0.15) is 10.5 Å². The van der Waals surface area contributed by atoms with Gasteiger partial charge in [-0.25, -0.2) is 0 Å². The van der Waals surface area contributed by atoms with Gasteiger partial charge in [-0.2, -0.15) is 5.10 Å². The topological polar surface area (TPSA) is 94.2 Å². The van der Waals surface area contributed by atoms with Crippen LogP contribution in [-0.4, -0.2) is 48.0 Å². The van der Waals surface area contributed by atoms with E-state index in [0.717, 1.165) is 13.1 Å². The number of carbonyl (C=O) groups is 1. The molecule has 0 aliphatic carbocycles. The first-order valence-electron chi connectivity index (χ1n) is 5.56. The van der Waals surface area contributed by atoms with Crippen molar-refractivity contribution >= 4 is 11.6 Å². The van der Waals surface area contributed by atoms with Gasteiger partial charge < -0.3 is 21.1 Å². The standard InChI is InChI=1S/C10H17N5O2/c1-15-6-8(11)9(14-15)10(16)13-5-7-4-12-2-3-17-7/h6-7,12H,2-5,11H2,1H3,(H,13,16). The van der Waals surface area contributed by atoms with Crippen LogP contribution in [0.3, 0.4) is 0 Å². The molecule has 1 saturated heterocycles. The quantitative estimate of drug-likeness (QED) is 0.611. The van der Waals surface area contributed by atoms with Crippen molar-refractivity contribution in [3.8, 4) is 0 Å². The monoisotopic (exact) mass is 239 g/mol. The van der Waals surface area contributed by atoms with Gasteiger partial charge >= 0.3 is 0 Å². The summed E-state index contributed by atoms with van der Waals surface area (Å²) in [6.45, 7) is 2.74. The lowest BCUT2D eigenvalue weighted by Gasteiger charge is -2.23. The average molecular weight is 239 g/mol. The summed E-state index contributed by atoms with van der Waals surface area (Å²) in [7, 11) is 1.72. The van der Waals surface area contributed by atoms with E-state index in [4.69, 9.17) is 10.5 Å². The lowest BCUT2D eigenvalue weighted by atomic mass is 10.3. The summed E-state index contributed by atoms with van der Waals surface area (Å²) in [6, 6.07) is 0. The van der Waals surface area contributed by atoms with Crippen molar-refractivity contribution in [1.29, 1.82) is 0 Å². The van der Waals surface area contributed by atoms with Crippen LogP contribution in [-0.2, 0) is 11.8 Å². The number of carbonyl (C=O) groups excluding carboxylic acids is 1. The summed E-state index contributed by atoms with van der Waals surface area (Å²) < 4.78 is 6.98. The van der Waals surface area contributed by atoms with Crippen LogP contribution in [0.5, 0.6) is 0 Å². The van der Waals surface area contributed by atoms with Crippen molar-refractivity contribution in [2.24, 2.45) is 7.05 Å². The van der Waals surface area contributed by atoms with E-state index in [-0.39, 0.29) is 17.7 Å². The zero-order valence-corrected chi connectivity index (χ0v) is 9.77. The minimum Gasteiger partial charge on any atom is -0.396 e. The third-order valence-corrected chi connectivity index (χ3v) is 2.57. The number of rotatable bonds is 3. The SMILES string of the molecule is Cn1cc(N)c(C(=O)NCC2CNCCO2)n1. The molecule has 1 aromatic heterocycles. The molecule has 2 rings (SSSR count). The molecule has 1 fully saturated rings. The maximum absolute atomic E-state index is 11.8. The van der Waals surface area contributed by atoms with Gasteiger partial charge in [-0.15, -0.1) is 0 Å². The molecule has 1 aliphatic rings. The highest BCUT2D eigenvalue weighted by Crippen LogP contribution is 2.07. The van der Waals surface area contributed by atoms with E-state index in [1.807, 2.05) is 0 Å². The molecule has 1 aliphatic heterocycles. The predicted octanol–water partition coefficient (Wildman–Crippen LogP) is -1.28. The molecule has 1 aromatic rings. The molecule has 7 nitrogen and oxygen atoms in total. The van der Waals surface area contributed by atoms with E-state index < -0.39 is 0 Å². The van der Waals surface area contributed by atoms with Gasteiger partial charge in [0.15, 0.2) is 5.69 Å². The van der Waals surface area contributed by atoms with Gasteiger partial charge in [0.05, 0.1) is 18.4 Å². The van der Waals surface area contributed by atoms with Crippen LogP contribution < -0.4 is 16.4 Å². The predicted molar refractivity (Wildman–Crippen MR) is 62.6 cm³/mol. The summed E-state index contributed by atoms with van der Waals surface area (Å²) in [5, 5.41) is 9.95. The van der Waals surface area contributed by atoms with Crippen molar-refractivity contribution in [1.82, 2.24) is 20.4 Å². The molecule has 0 aromatic carbocycles. The number of ether oxygens (including phenoxy) is 1. The number of aromatic nitrogens is 2. The molecule has 7 heteroatoms. The second-order valence-electron chi connectivity index (χ2n) is 4.01. The Morgan fingerprint density at radius 2 is 2.65 bits per heavy atom. The summed E-state index contributed by atoms with van der Waals surface area (Å²) in [5.74, 6) is -0.266. The number of anilines is 1. The Morgan fingerprint density at radius 1 is 1.82 bits per heavy atom. The number of nitrogens with zero attached hydrogens (tertiary/aromatic N) is 2. The fraction of sp³-hybridized carbons (Fsp3) is 0.600. The van der Waals surface area contributed by atoms with Gasteiger partial charge in [0.2, 0.25) is 0 Å². The highest BCUT2D eigenvalue weighted by Gasteiger charge is 2.17. The van der Waals surface area contributed by atoms with Crippen molar-refractivity contribution in [3.05, 3.63) is 11.9 Å². The van der Waals surface area contributed by atoms with Gasteiger partial charge in [0.1, 0.15) is 0 Å². The van der Waals surface area contributed by atoms with Crippen LogP contribution in [0.4, 0.5) is 5.69 Å². The molecule has 0 saturated carbocycles. The smallest absolute Gasteiger partial charge is 0.274 e. The summed E-state index contributed by atoms with van der Waals surface area (Å²) in [5.41, 5.74) is 6.31. The maximum Gasteiger partial charge on any atom is 0.274 e. The zero-order valence-electron chi connectivity index (χ0n) is 9.77. The van der Waals surface area contributed by atoms with Crippen LogP contribution in [0.2, 0.25) is 0 Å². The van der Waals surface area contributed by atoms with Crippen molar-refractivity contribution in [2.45, 2.75) is 6.10 Å². The van der Waals surface area contributed by atoms with Crippen LogP contribution >= 0.6 is 0 Å². The highest BCUT2D eigenvalue weighted by atomic mass is 16.5. The molecular formula is C10H17N5O2. The first-order valence-corrected chi connectivity index (χ1v) is 5.56. The van der Waals surface area contributed by atoms with Crippen molar-refractivity contribution in [3.63, 3.8) is 0 Å². The minimum absolute atomic E-state index is 0.0117. The lowest BCUT2D eigenvalue weighted by molar-refractivity contribution is 0.0287. The second kappa shape index (κ2) is 5.15. The lowest BCUT2D eigenvalue weighted by Crippen LogP contribution is -2.45. The fourth-order valence-electron chi connectivity index (χ4n) is 1.72. The van der Waals surface area contributed by atoms with E-state index in [2.05, 4.69) is 15.7 Å². The van der Waals surface area contributed by atoms with E-state index in [1.165, 1.54) is 4.68 Å². The molecule has 1 amide bonds. The van der Waals surface area contributed by atoms with Crippen LogP contribution in [0, 0.1) is 0 Å². The molecule has 0 bridgehead atoms. The largest absolute Gasteiger partial charge is 0.396 e. The van der Waals surface area contributed by atoms with E-state index in [1.54, 1.807) is 13.2 Å². The molecule has 2 heterocycles. The second-order valence-corrected chi connectivity index (χ2v) is 4.01. The molecule has 4 N–H and O–H groups in total. The summed E-state index contributed by atoms with van der Waals surface area (Å²) in [4.78, 5) is 11.8. The minimum atomic E-state index is -0.266. The van der Waals surface area contributed by atoms with Crippen molar-refractivity contribution in [2.75, 3.05) is 32.0 Å². The number of hydrogen-bond acceptors (Lipinski definition) is 5.